The molecular formula is C25H33N7O4S8. The van der Waals surface area contributed by atoms with Gasteiger partial charge in [0, 0.05) is 30.5 Å². The Morgan fingerprint density at radius 1 is 1.11 bits per heavy atom. The van der Waals surface area contributed by atoms with Crippen molar-refractivity contribution in [2.75, 3.05) is 23.8 Å². The van der Waals surface area contributed by atoms with E-state index in [-0.39, 0.29) is 34.3 Å². The first-order valence-corrected chi connectivity index (χ1v) is 17.6. The van der Waals surface area contributed by atoms with Gasteiger partial charge in [-0.15, -0.1) is 80.9 Å². The van der Waals surface area contributed by atoms with Gasteiger partial charge in [0.05, 0.1) is 5.56 Å². The largest absolute Gasteiger partial charge is 0.475 e. The summed E-state index contributed by atoms with van der Waals surface area (Å²) in [6.45, 7) is 6.66. The Morgan fingerprint density at radius 2 is 1.77 bits per heavy atom. The Balaban J connectivity index is 1.68. The lowest BCUT2D eigenvalue weighted by Crippen LogP contribution is -2.53. The van der Waals surface area contributed by atoms with Crippen molar-refractivity contribution in [3.63, 3.8) is 0 Å². The number of anilines is 2. The molecule has 11 nitrogen and oxygen atoms in total. The Hall–Kier alpha value is -1.22. The molecule has 0 radical (unpaired) electrons. The number of nitrogens with zero attached hydrogens (tertiary/aromatic N) is 5. The summed E-state index contributed by atoms with van der Waals surface area (Å²) in [5.41, 5.74) is 5.45. The van der Waals surface area contributed by atoms with Gasteiger partial charge in [-0.05, 0) is 50.5 Å². The van der Waals surface area contributed by atoms with Crippen molar-refractivity contribution in [3.05, 3.63) is 48.3 Å². The van der Waals surface area contributed by atoms with E-state index in [0.717, 1.165) is 6.42 Å². The number of thiol groups is 7. The van der Waals surface area contributed by atoms with Gasteiger partial charge in [0.15, 0.2) is 5.82 Å². The Kier molecular flexibility index (Phi) is 10.3. The fourth-order valence-electron chi connectivity index (χ4n) is 4.88. The first-order valence-electron chi connectivity index (χ1n) is 13.0. The fraction of sp³-hybridized carbons (Fsp3) is 0.440. The molecule has 1 fully saturated rings. The van der Waals surface area contributed by atoms with Gasteiger partial charge in [-0.25, -0.2) is 27.8 Å². The van der Waals surface area contributed by atoms with Crippen LogP contribution in [0.1, 0.15) is 37.6 Å². The molecule has 3 N–H and O–H groups in total. The van der Waals surface area contributed by atoms with Crippen LogP contribution in [-0.2, 0) is 10.0 Å². The molecule has 3 aromatic rings. The molecule has 0 bridgehead atoms. The van der Waals surface area contributed by atoms with Gasteiger partial charge in [-0.1, -0.05) is 6.92 Å². The molecule has 3 aromatic heterocycles. The predicted molar refractivity (Wildman–Crippen MR) is 196 cm³/mol. The number of hydrogen-bond acceptors (Lipinski definition) is 16. The number of amides is 1. The molecule has 0 unspecified atom stereocenters. The lowest BCUT2D eigenvalue weighted by atomic mass is 9.97. The highest BCUT2D eigenvalue weighted by Gasteiger charge is 2.54. The molecule has 1 amide bonds. The average molecular weight is 752 g/mol. The number of carbonyl (C=O) groups excluding carboxylic acids is 1. The summed E-state index contributed by atoms with van der Waals surface area (Å²) in [5, 5.41) is 4.46. The molecule has 0 aromatic carbocycles. The number of hydrogen-bond donors (Lipinski definition) is 9. The van der Waals surface area contributed by atoms with E-state index < -0.39 is 27.5 Å². The van der Waals surface area contributed by atoms with E-state index in [4.69, 9.17) is 15.5 Å². The van der Waals surface area contributed by atoms with E-state index in [0.29, 0.717) is 24.1 Å². The molecule has 0 saturated carbocycles. The molecule has 19 heteroatoms. The molecule has 1 aliphatic heterocycles. The van der Waals surface area contributed by atoms with Crippen LogP contribution in [0.3, 0.4) is 0 Å². The van der Waals surface area contributed by atoms with Gasteiger partial charge in [-0.3, -0.25) is 4.79 Å². The maximum Gasteiger partial charge on any atom is 0.268 e. The Bertz CT molecular complexity index is 1640. The van der Waals surface area contributed by atoms with Crippen LogP contribution in [0.2, 0.25) is 0 Å². The van der Waals surface area contributed by atoms with Crippen molar-refractivity contribution in [1.29, 1.82) is 0 Å². The zero-order valence-corrected chi connectivity index (χ0v) is 30.8. The van der Waals surface area contributed by atoms with Crippen molar-refractivity contribution in [2.45, 2.75) is 49.2 Å². The third-order valence-corrected chi connectivity index (χ3v) is 12.6. The average Bonchev–Trinajstić information content (AvgIpc) is 3.48. The number of pyridine rings is 2. The minimum Gasteiger partial charge on any atom is -0.475 e. The summed E-state index contributed by atoms with van der Waals surface area (Å²) in [5.74, 6) is 0.0717. The summed E-state index contributed by atoms with van der Waals surface area (Å²) < 4.78 is 31.7. The monoisotopic (exact) mass is 751 g/mol. The third kappa shape index (κ3) is 7.34. The number of nitrogens with one attached hydrogen (secondary N) is 1. The zero-order chi connectivity index (χ0) is 32.9. The SMILES string of the molecule is C[C@@H]1CN(c2nc(-n3ccc(OCC(S)(C(S)(S)S)C(S)(S)S)n3)ccc2C(=O)NS(=O)(=O)c2cccnc2N)C(C)(C)C1. The lowest BCUT2D eigenvalue weighted by molar-refractivity contribution is 0.0981. The van der Waals surface area contributed by atoms with Crippen molar-refractivity contribution in [1.82, 2.24) is 24.5 Å². The zero-order valence-electron chi connectivity index (χ0n) is 23.7. The molecular weight excluding hydrogens is 719 g/mol. The highest BCUT2D eigenvalue weighted by molar-refractivity contribution is 8.21. The van der Waals surface area contributed by atoms with Crippen molar-refractivity contribution in [3.8, 4) is 11.7 Å². The highest BCUT2D eigenvalue weighted by atomic mass is 32.2. The van der Waals surface area contributed by atoms with Crippen LogP contribution < -0.4 is 20.1 Å². The molecule has 1 saturated heterocycles. The van der Waals surface area contributed by atoms with Crippen LogP contribution in [0, 0.1) is 5.92 Å². The lowest BCUT2D eigenvalue weighted by Gasteiger charge is -2.44. The van der Waals surface area contributed by atoms with Crippen molar-refractivity contribution < 1.29 is 17.9 Å². The first-order chi connectivity index (χ1) is 20.2. The summed E-state index contributed by atoms with van der Waals surface area (Å²) in [6.07, 6.45) is 3.82. The second-order valence-corrected chi connectivity index (χ2v) is 19.7. The van der Waals surface area contributed by atoms with Gasteiger partial charge >= 0.3 is 0 Å². The quantitative estimate of drug-likeness (QED) is 0.111. The minimum atomic E-state index is -4.32. The number of nitrogens with two attached hydrogens (primary N) is 1. The van der Waals surface area contributed by atoms with E-state index in [1.54, 1.807) is 18.3 Å². The number of aromatic nitrogens is 4. The molecule has 0 spiro atoms. The molecule has 0 aliphatic carbocycles. The molecule has 4 heterocycles. The third-order valence-electron chi connectivity index (χ3n) is 7.09. The van der Waals surface area contributed by atoms with E-state index in [2.05, 4.69) is 110 Å². The van der Waals surface area contributed by atoms with Crippen LogP contribution >= 0.6 is 88.4 Å². The van der Waals surface area contributed by atoms with E-state index in [1.165, 1.54) is 29.1 Å². The van der Waals surface area contributed by atoms with Crippen LogP contribution in [-0.4, -0.2) is 64.3 Å². The van der Waals surface area contributed by atoms with Gasteiger partial charge in [0.2, 0.25) is 5.88 Å². The van der Waals surface area contributed by atoms with Crippen LogP contribution in [0.5, 0.6) is 5.88 Å². The van der Waals surface area contributed by atoms with Crippen LogP contribution in [0.4, 0.5) is 11.6 Å². The summed E-state index contributed by atoms with van der Waals surface area (Å²) in [7, 11) is -4.32. The van der Waals surface area contributed by atoms with Crippen molar-refractivity contribution in [2.24, 2.45) is 5.92 Å². The number of ether oxygens (including phenoxy) is 1. The Morgan fingerprint density at radius 3 is 2.34 bits per heavy atom. The molecule has 1 aliphatic rings. The Labute approximate surface area is 295 Å². The molecule has 1 atom stereocenters. The normalized spacial score (nSPS) is 17.5. The molecule has 44 heavy (non-hydrogen) atoms. The standard InChI is InChI=1S/C25H33N7O4S8/c1-14-11-22(2,3)31(12-14)20-15(21(33)30-44(34,35)16-5-4-9-27-19(16)26)6-7-17(28-20)32-10-8-18(29-32)36-13-23(37,24(38,39)40)25(41,42)43/h4-10,14,37-43H,11-13H2,1-3H3,(H2,26,27)(H,30,33)/t14-/m0/s1. The van der Waals surface area contributed by atoms with E-state index >= 15 is 0 Å². The van der Waals surface area contributed by atoms with E-state index in [1.807, 2.05) is 18.7 Å². The van der Waals surface area contributed by atoms with Gasteiger partial charge < -0.3 is 15.4 Å². The minimum absolute atomic E-state index is 0.0609. The number of carbonyl (C=O) groups is 1. The molecule has 4 rings (SSSR count). The second kappa shape index (κ2) is 12.8. The summed E-state index contributed by atoms with van der Waals surface area (Å²) in [4.78, 5) is 23.8. The topological polar surface area (TPSA) is 145 Å². The summed E-state index contributed by atoms with van der Waals surface area (Å²) >= 11 is 31.0. The van der Waals surface area contributed by atoms with Gasteiger partial charge in [0.25, 0.3) is 15.9 Å². The van der Waals surface area contributed by atoms with Gasteiger partial charge in [-0.2, -0.15) is 12.6 Å². The number of rotatable bonds is 10. The van der Waals surface area contributed by atoms with Crippen molar-refractivity contribution >= 4 is 116 Å². The van der Waals surface area contributed by atoms with Crippen LogP contribution in [0.25, 0.3) is 5.82 Å². The second-order valence-electron chi connectivity index (χ2n) is 11.1. The maximum atomic E-state index is 13.5. The van der Waals surface area contributed by atoms with E-state index in [9.17, 15) is 13.2 Å². The highest BCUT2D eigenvalue weighted by Crippen LogP contribution is 2.54. The van der Waals surface area contributed by atoms with Gasteiger partial charge in [0.1, 0.15) is 34.7 Å². The number of nitrogen functional groups attached to an aromatic ring is 1. The van der Waals surface area contributed by atoms with Crippen LogP contribution in [0.15, 0.2) is 47.6 Å². The molecule has 240 valence electrons. The predicted octanol–water partition coefficient (Wildman–Crippen LogP) is 3.92. The number of sulfonamides is 1. The fourth-order valence-corrected chi connectivity index (χ4v) is 8.18. The smallest absolute Gasteiger partial charge is 0.268 e. The maximum absolute atomic E-state index is 13.5. The summed E-state index contributed by atoms with van der Waals surface area (Å²) in [6, 6.07) is 7.35. The first kappa shape index (κ1) is 35.6.